The molecule has 2 aromatic rings. The van der Waals surface area contributed by atoms with Crippen molar-refractivity contribution in [3.63, 3.8) is 0 Å². The van der Waals surface area contributed by atoms with E-state index in [-0.39, 0.29) is 24.8 Å². The molecule has 0 unspecified atom stereocenters. The number of carbonyl (C=O) groups is 2. The third-order valence-electron chi connectivity index (χ3n) is 2.97. The van der Waals surface area contributed by atoms with E-state index in [9.17, 15) is 9.59 Å². The molecule has 1 aromatic heterocycles. The fourth-order valence-electron chi connectivity index (χ4n) is 1.89. The van der Waals surface area contributed by atoms with Gasteiger partial charge in [-0.1, -0.05) is 35.5 Å². The van der Waals surface area contributed by atoms with Crippen molar-refractivity contribution in [3.8, 4) is 0 Å². The first-order valence-corrected chi connectivity index (χ1v) is 6.71. The van der Waals surface area contributed by atoms with E-state index in [0.29, 0.717) is 12.4 Å². The average Bonchev–Trinajstić information content (AvgIpc) is 2.98. The summed E-state index contributed by atoms with van der Waals surface area (Å²) in [5.74, 6) is -0.0438. The second kappa shape index (κ2) is 7.23. The molecule has 21 heavy (non-hydrogen) atoms. The number of amides is 2. The maximum absolute atomic E-state index is 12.2. The monoisotopic (exact) mass is 287 g/mol. The molecule has 0 atom stereocenters. The summed E-state index contributed by atoms with van der Waals surface area (Å²) in [6.07, 6.45) is 1.65. The van der Waals surface area contributed by atoms with Crippen molar-refractivity contribution in [2.24, 2.45) is 0 Å². The van der Waals surface area contributed by atoms with E-state index >= 15 is 0 Å². The van der Waals surface area contributed by atoms with Crippen LogP contribution in [-0.4, -0.2) is 35.0 Å². The third kappa shape index (κ3) is 4.45. The van der Waals surface area contributed by atoms with Gasteiger partial charge in [-0.15, -0.1) is 0 Å². The number of nitrogens with one attached hydrogen (secondary N) is 1. The molecule has 1 aromatic carbocycles. The molecular weight excluding hydrogens is 270 g/mol. The fraction of sp³-hybridized carbons (Fsp3) is 0.267. The van der Waals surface area contributed by atoms with Gasteiger partial charge >= 0.3 is 0 Å². The van der Waals surface area contributed by atoms with E-state index in [1.165, 1.54) is 11.2 Å². The zero-order chi connectivity index (χ0) is 15.1. The Morgan fingerprint density at radius 3 is 2.62 bits per heavy atom. The number of anilines is 1. The van der Waals surface area contributed by atoms with E-state index in [1.54, 1.807) is 6.07 Å². The summed E-state index contributed by atoms with van der Waals surface area (Å²) in [5.41, 5.74) is 0.929. The maximum atomic E-state index is 12.2. The van der Waals surface area contributed by atoms with Crippen LogP contribution in [0.25, 0.3) is 0 Å². The zero-order valence-electron chi connectivity index (χ0n) is 11.8. The first-order chi connectivity index (χ1) is 10.2. The van der Waals surface area contributed by atoms with Crippen LogP contribution in [0.4, 0.5) is 5.82 Å². The number of aromatic nitrogens is 1. The van der Waals surface area contributed by atoms with Crippen LogP contribution in [0.2, 0.25) is 0 Å². The Bertz CT molecular complexity index is 581. The molecule has 0 spiro atoms. The minimum Gasteiger partial charge on any atom is -0.363 e. The van der Waals surface area contributed by atoms with Crippen LogP contribution >= 0.6 is 0 Å². The predicted molar refractivity (Wildman–Crippen MR) is 77.5 cm³/mol. The first-order valence-electron chi connectivity index (χ1n) is 6.71. The van der Waals surface area contributed by atoms with E-state index in [4.69, 9.17) is 0 Å². The zero-order valence-corrected chi connectivity index (χ0v) is 11.8. The van der Waals surface area contributed by atoms with E-state index in [1.807, 2.05) is 37.3 Å². The van der Waals surface area contributed by atoms with Crippen molar-refractivity contribution < 1.29 is 14.1 Å². The van der Waals surface area contributed by atoms with Gasteiger partial charge in [0.2, 0.25) is 11.8 Å². The van der Waals surface area contributed by atoms with Gasteiger partial charge in [0.1, 0.15) is 6.26 Å². The molecule has 1 heterocycles. The molecule has 110 valence electrons. The minimum absolute atomic E-state index is 0.00493. The molecule has 0 saturated heterocycles. The molecule has 0 saturated carbocycles. The summed E-state index contributed by atoms with van der Waals surface area (Å²) in [6, 6.07) is 11.0. The summed E-state index contributed by atoms with van der Waals surface area (Å²) in [6.45, 7) is 2.30. The Balaban J connectivity index is 1.89. The topological polar surface area (TPSA) is 75.4 Å². The van der Waals surface area contributed by atoms with Gasteiger partial charge in [0, 0.05) is 12.6 Å². The average molecular weight is 287 g/mol. The molecule has 6 heteroatoms. The van der Waals surface area contributed by atoms with Crippen LogP contribution in [-0.2, 0) is 16.0 Å². The highest BCUT2D eigenvalue weighted by Gasteiger charge is 2.16. The second-order valence-corrected chi connectivity index (χ2v) is 4.50. The van der Waals surface area contributed by atoms with Gasteiger partial charge in [-0.3, -0.25) is 9.59 Å². The van der Waals surface area contributed by atoms with Crippen molar-refractivity contribution in [3.05, 3.63) is 48.2 Å². The smallest absolute Gasteiger partial charge is 0.245 e. The van der Waals surface area contributed by atoms with E-state index in [0.717, 1.165) is 5.56 Å². The molecule has 2 amide bonds. The Hall–Kier alpha value is -2.63. The number of hydrogen-bond donors (Lipinski definition) is 1. The first kappa shape index (κ1) is 14.8. The summed E-state index contributed by atoms with van der Waals surface area (Å²) >= 11 is 0. The number of likely N-dealkylation sites (N-methyl/N-ethyl adjacent to an activating group) is 1. The SMILES string of the molecule is CCN(CC(=O)Nc1ccon1)C(=O)Cc1ccccc1. The summed E-state index contributed by atoms with van der Waals surface area (Å²) < 4.78 is 4.63. The Morgan fingerprint density at radius 2 is 2.00 bits per heavy atom. The number of nitrogens with zero attached hydrogens (tertiary/aromatic N) is 2. The molecular formula is C15H17N3O3. The Labute approximate surface area is 122 Å². The van der Waals surface area contributed by atoms with Crippen LogP contribution in [0.5, 0.6) is 0 Å². The van der Waals surface area contributed by atoms with E-state index < -0.39 is 0 Å². The third-order valence-corrected chi connectivity index (χ3v) is 2.97. The van der Waals surface area contributed by atoms with Gasteiger partial charge < -0.3 is 14.7 Å². The van der Waals surface area contributed by atoms with Crippen LogP contribution in [0, 0.1) is 0 Å². The molecule has 6 nitrogen and oxygen atoms in total. The Morgan fingerprint density at radius 1 is 1.24 bits per heavy atom. The van der Waals surface area contributed by atoms with Crippen LogP contribution in [0.15, 0.2) is 47.2 Å². The summed E-state index contributed by atoms with van der Waals surface area (Å²) in [5, 5.41) is 6.16. The molecule has 0 bridgehead atoms. The summed E-state index contributed by atoms with van der Waals surface area (Å²) in [7, 11) is 0. The lowest BCUT2D eigenvalue weighted by Gasteiger charge is -2.20. The van der Waals surface area contributed by atoms with Crippen LogP contribution in [0.3, 0.4) is 0 Å². The highest BCUT2D eigenvalue weighted by atomic mass is 16.5. The van der Waals surface area contributed by atoms with Crippen molar-refractivity contribution in [1.82, 2.24) is 10.1 Å². The lowest BCUT2D eigenvalue weighted by Crippen LogP contribution is -2.38. The van der Waals surface area contributed by atoms with Crippen molar-refractivity contribution in [2.45, 2.75) is 13.3 Å². The summed E-state index contributed by atoms with van der Waals surface area (Å²) in [4.78, 5) is 25.5. The maximum Gasteiger partial charge on any atom is 0.245 e. The van der Waals surface area contributed by atoms with Crippen molar-refractivity contribution >= 4 is 17.6 Å². The van der Waals surface area contributed by atoms with Gasteiger partial charge in [0.05, 0.1) is 13.0 Å². The van der Waals surface area contributed by atoms with Gasteiger partial charge in [0.15, 0.2) is 5.82 Å². The quantitative estimate of drug-likeness (QED) is 0.877. The molecule has 0 fully saturated rings. The highest BCUT2D eigenvalue weighted by molar-refractivity contribution is 5.94. The molecule has 0 aliphatic rings. The van der Waals surface area contributed by atoms with Crippen LogP contribution in [0.1, 0.15) is 12.5 Å². The second-order valence-electron chi connectivity index (χ2n) is 4.50. The fourth-order valence-corrected chi connectivity index (χ4v) is 1.89. The number of rotatable bonds is 6. The van der Waals surface area contributed by atoms with Crippen LogP contribution < -0.4 is 5.32 Å². The lowest BCUT2D eigenvalue weighted by molar-refractivity contribution is -0.133. The molecule has 1 N–H and O–H groups in total. The van der Waals surface area contributed by atoms with Crippen molar-refractivity contribution in [2.75, 3.05) is 18.4 Å². The number of benzene rings is 1. The molecule has 0 aliphatic heterocycles. The normalized spacial score (nSPS) is 10.1. The van der Waals surface area contributed by atoms with Gasteiger partial charge in [-0.05, 0) is 12.5 Å². The highest BCUT2D eigenvalue weighted by Crippen LogP contribution is 2.04. The minimum atomic E-state index is -0.299. The number of hydrogen-bond acceptors (Lipinski definition) is 4. The van der Waals surface area contributed by atoms with Gasteiger partial charge in [0.25, 0.3) is 0 Å². The lowest BCUT2D eigenvalue weighted by atomic mass is 10.1. The molecule has 0 radical (unpaired) electrons. The Kier molecular flexibility index (Phi) is 5.09. The standard InChI is InChI=1S/C15H17N3O3/c1-2-18(11-14(19)16-13-8-9-21-17-13)15(20)10-12-6-4-3-5-7-12/h3-9H,2,10-11H2,1H3,(H,16,17,19). The predicted octanol–water partition coefficient (Wildman–Crippen LogP) is 1.70. The van der Waals surface area contributed by atoms with E-state index in [2.05, 4.69) is 15.0 Å². The van der Waals surface area contributed by atoms with Gasteiger partial charge in [-0.25, -0.2) is 0 Å². The largest absolute Gasteiger partial charge is 0.363 e. The van der Waals surface area contributed by atoms with Gasteiger partial charge in [-0.2, -0.15) is 0 Å². The van der Waals surface area contributed by atoms with Crippen molar-refractivity contribution in [1.29, 1.82) is 0 Å². The molecule has 0 aliphatic carbocycles. The number of carbonyl (C=O) groups excluding carboxylic acids is 2. The molecule has 2 rings (SSSR count).